The van der Waals surface area contributed by atoms with E-state index in [1.807, 2.05) is 62.4 Å². The molecule has 1 saturated carbocycles. The van der Waals surface area contributed by atoms with Crippen molar-refractivity contribution in [1.29, 1.82) is 0 Å². The van der Waals surface area contributed by atoms with E-state index in [1.54, 1.807) is 24.3 Å². The van der Waals surface area contributed by atoms with Gasteiger partial charge in [-0.05, 0) is 123 Å². The third kappa shape index (κ3) is 9.00. The Hall–Kier alpha value is -4.00. The van der Waals surface area contributed by atoms with Gasteiger partial charge >= 0.3 is 0 Å². The molecule has 2 unspecified atom stereocenters. The fourth-order valence-corrected chi connectivity index (χ4v) is 5.36. The molecule has 0 heterocycles. The van der Waals surface area contributed by atoms with Crippen LogP contribution in [0.1, 0.15) is 61.8 Å². The van der Waals surface area contributed by atoms with E-state index in [0.717, 1.165) is 61.2 Å². The van der Waals surface area contributed by atoms with Gasteiger partial charge in [-0.1, -0.05) is 48.5 Å². The van der Waals surface area contributed by atoms with Crippen LogP contribution in [0.15, 0.2) is 97.1 Å². The van der Waals surface area contributed by atoms with Gasteiger partial charge in [0, 0.05) is 0 Å². The third-order valence-electron chi connectivity index (χ3n) is 7.53. The predicted octanol–water partition coefficient (Wildman–Crippen LogP) is 7.77. The highest BCUT2D eigenvalue weighted by molar-refractivity contribution is 5.35. The summed E-state index contributed by atoms with van der Waals surface area (Å²) in [6.45, 7) is 3.89. The summed E-state index contributed by atoms with van der Waals surface area (Å²) in [4.78, 5) is 0. The maximum absolute atomic E-state index is 9.46. The molecular weight excluding hydrogens is 528 g/mol. The van der Waals surface area contributed by atoms with E-state index in [0.29, 0.717) is 0 Å². The highest BCUT2D eigenvalue weighted by Crippen LogP contribution is 2.27. The van der Waals surface area contributed by atoms with E-state index in [2.05, 4.69) is 24.3 Å². The van der Waals surface area contributed by atoms with Crippen molar-refractivity contribution in [2.45, 2.75) is 77.2 Å². The normalized spacial score (nSPS) is 18.2. The van der Waals surface area contributed by atoms with Crippen LogP contribution in [0.25, 0.3) is 0 Å². The van der Waals surface area contributed by atoms with Gasteiger partial charge in [0.05, 0.1) is 12.2 Å². The Balaban J connectivity index is 0.993. The Bertz CT molecular complexity index is 1250. The Kier molecular flexibility index (Phi) is 10.0. The maximum atomic E-state index is 9.46. The van der Waals surface area contributed by atoms with Crippen LogP contribution in [0.4, 0.5) is 0 Å². The molecule has 1 aliphatic carbocycles. The first-order valence-electron chi connectivity index (χ1n) is 14.8. The van der Waals surface area contributed by atoms with Crippen LogP contribution in [-0.2, 0) is 22.3 Å². The SMILES string of the molecule is CC(Oc1ccc(Cc2ccc(O)cc2)cc1)OC1CCC(OC(C)Oc2ccc(Cc3ccc(O)cc3)cc2)CC1. The van der Waals surface area contributed by atoms with E-state index >= 15 is 0 Å². The Morgan fingerprint density at radius 1 is 0.500 bits per heavy atom. The first-order chi connectivity index (χ1) is 20.4. The number of phenolic OH excluding ortho intramolecular Hbond substituents is 2. The van der Waals surface area contributed by atoms with Crippen molar-refractivity contribution < 1.29 is 29.2 Å². The number of rotatable bonds is 12. The highest BCUT2D eigenvalue weighted by atomic mass is 16.7. The lowest BCUT2D eigenvalue weighted by molar-refractivity contribution is -0.152. The zero-order chi connectivity index (χ0) is 29.3. The van der Waals surface area contributed by atoms with Crippen LogP contribution < -0.4 is 9.47 Å². The van der Waals surface area contributed by atoms with Crippen LogP contribution in [0.3, 0.4) is 0 Å². The lowest BCUT2D eigenvalue weighted by atomic mass is 9.95. The molecule has 220 valence electrons. The number of aromatic hydroxyl groups is 2. The van der Waals surface area contributed by atoms with Gasteiger partial charge in [0.25, 0.3) is 0 Å². The summed E-state index contributed by atoms with van der Waals surface area (Å²) in [5.41, 5.74) is 4.66. The molecule has 0 saturated heterocycles. The van der Waals surface area contributed by atoms with Crippen molar-refractivity contribution >= 4 is 0 Å². The number of hydrogen-bond acceptors (Lipinski definition) is 6. The number of ether oxygens (including phenoxy) is 4. The molecule has 0 radical (unpaired) electrons. The molecular formula is C36H40O6. The average molecular weight is 569 g/mol. The second kappa shape index (κ2) is 14.3. The van der Waals surface area contributed by atoms with Gasteiger partial charge in [0.2, 0.25) is 0 Å². The van der Waals surface area contributed by atoms with Gasteiger partial charge in [-0.3, -0.25) is 0 Å². The molecule has 0 aliphatic heterocycles. The summed E-state index contributed by atoms with van der Waals surface area (Å²) in [6, 6.07) is 30.7. The second-order valence-corrected chi connectivity index (χ2v) is 11.0. The summed E-state index contributed by atoms with van der Waals surface area (Å²) >= 11 is 0. The Labute approximate surface area is 248 Å². The van der Waals surface area contributed by atoms with Crippen molar-refractivity contribution in [3.05, 3.63) is 119 Å². The van der Waals surface area contributed by atoms with Crippen molar-refractivity contribution in [2.75, 3.05) is 0 Å². The largest absolute Gasteiger partial charge is 0.508 e. The number of phenols is 2. The quantitative estimate of drug-likeness (QED) is 0.170. The van der Waals surface area contributed by atoms with Gasteiger partial charge in [0.1, 0.15) is 23.0 Å². The molecule has 0 bridgehead atoms. The minimum atomic E-state index is -0.338. The van der Waals surface area contributed by atoms with Crippen molar-refractivity contribution in [1.82, 2.24) is 0 Å². The molecule has 1 aliphatic rings. The molecule has 0 amide bonds. The minimum Gasteiger partial charge on any atom is -0.508 e. The van der Waals surface area contributed by atoms with Crippen molar-refractivity contribution in [3.63, 3.8) is 0 Å². The minimum absolute atomic E-state index is 0.144. The molecule has 6 heteroatoms. The number of hydrogen-bond donors (Lipinski definition) is 2. The molecule has 4 aromatic carbocycles. The first-order valence-corrected chi connectivity index (χ1v) is 14.8. The zero-order valence-corrected chi connectivity index (χ0v) is 24.3. The van der Waals surface area contributed by atoms with Crippen LogP contribution >= 0.6 is 0 Å². The topological polar surface area (TPSA) is 77.4 Å². The summed E-state index contributed by atoms with van der Waals surface area (Å²) in [5.74, 6) is 2.13. The highest BCUT2D eigenvalue weighted by Gasteiger charge is 2.25. The molecule has 2 N–H and O–H groups in total. The smallest absolute Gasteiger partial charge is 0.197 e. The fraction of sp³-hybridized carbons (Fsp3) is 0.333. The molecule has 6 nitrogen and oxygen atoms in total. The molecule has 5 rings (SSSR count). The van der Waals surface area contributed by atoms with Gasteiger partial charge in [-0.15, -0.1) is 0 Å². The van der Waals surface area contributed by atoms with Crippen LogP contribution in [0, 0.1) is 0 Å². The Morgan fingerprint density at radius 2 is 0.786 bits per heavy atom. The van der Waals surface area contributed by atoms with Crippen molar-refractivity contribution in [3.8, 4) is 23.0 Å². The summed E-state index contributed by atoms with van der Waals surface area (Å²) in [5, 5.41) is 18.9. The Morgan fingerprint density at radius 3 is 1.10 bits per heavy atom. The van der Waals surface area contributed by atoms with E-state index < -0.39 is 0 Å². The molecule has 0 aromatic heterocycles. The monoisotopic (exact) mass is 568 g/mol. The lowest BCUT2D eigenvalue weighted by Crippen LogP contribution is -2.33. The van der Waals surface area contributed by atoms with Gasteiger partial charge in [-0.25, -0.2) is 0 Å². The van der Waals surface area contributed by atoms with Gasteiger partial charge in [-0.2, -0.15) is 0 Å². The molecule has 4 aromatic rings. The molecule has 2 atom stereocenters. The van der Waals surface area contributed by atoms with E-state index in [9.17, 15) is 10.2 Å². The van der Waals surface area contributed by atoms with Gasteiger partial charge in [0.15, 0.2) is 12.6 Å². The molecule has 1 fully saturated rings. The first kappa shape index (κ1) is 29.5. The lowest BCUT2D eigenvalue weighted by Gasteiger charge is -2.32. The fourth-order valence-electron chi connectivity index (χ4n) is 5.36. The van der Waals surface area contributed by atoms with Crippen molar-refractivity contribution in [2.24, 2.45) is 0 Å². The van der Waals surface area contributed by atoms with Crippen LogP contribution in [-0.4, -0.2) is 35.0 Å². The zero-order valence-electron chi connectivity index (χ0n) is 24.3. The van der Waals surface area contributed by atoms with Crippen LogP contribution in [0.2, 0.25) is 0 Å². The van der Waals surface area contributed by atoms with E-state index in [4.69, 9.17) is 18.9 Å². The predicted molar refractivity (Wildman–Crippen MR) is 163 cm³/mol. The third-order valence-corrected chi connectivity index (χ3v) is 7.53. The number of benzene rings is 4. The molecule has 0 spiro atoms. The summed E-state index contributed by atoms with van der Waals surface area (Å²) < 4.78 is 24.4. The summed E-state index contributed by atoms with van der Waals surface area (Å²) in [6.07, 6.45) is 4.89. The second-order valence-electron chi connectivity index (χ2n) is 11.0. The standard InChI is InChI=1S/C36H40O6/c1-25(39-33-15-7-29(8-16-33)23-27-3-11-31(37)12-4-27)41-35-19-21-36(22-20-35)42-26(2)40-34-17-9-30(10-18-34)24-28-5-13-32(38)14-6-28/h3-18,25-26,35-38H,19-24H2,1-2H3. The maximum Gasteiger partial charge on any atom is 0.197 e. The molecule has 42 heavy (non-hydrogen) atoms. The van der Waals surface area contributed by atoms with E-state index in [-0.39, 0.29) is 36.3 Å². The summed E-state index contributed by atoms with van der Waals surface area (Å²) in [7, 11) is 0. The average Bonchev–Trinajstić information content (AvgIpc) is 2.98. The van der Waals surface area contributed by atoms with Crippen LogP contribution in [0.5, 0.6) is 23.0 Å². The van der Waals surface area contributed by atoms with Gasteiger partial charge < -0.3 is 29.2 Å². The van der Waals surface area contributed by atoms with E-state index in [1.165, 1.54) is 11.1 Å².